The van der Waals surface area contributed by atoms with Gasteiger partial charge in [-0.3, -0.25) is 9.78 Å². The number of allylic oxidation sites excluding steroid dienone is 1. The van der Waals surface area contributed by atoms with Crippen molar-refractivity contribution in [3.05, 3.63) is 35.2 Å². The lowest BCUT2D eigenvalue weighted by Crippen LogP contribution is -1.84. The summed E-state index contributed by atoms with van der Waals surface area (Å²) in [5.41, 5.74) is 2.85. The first-order chi connectivity index (χ1) is 5.74. The minimum absolute atomic E-state index is 0.714. The molecule has 1 rings (SSSR count). The Morgan fingerprint density at radius 3 is 2.92 bits per heavy atom. The molecule has 1 aromatic rings. The molecule has 1 aromatic heterocycles. The summed E-state index contributed by atoms with van der Waals surface area (Å²) in [5.74, 6) is 0. The maximum absolute atomic E-state index is 10.3. The zero-order valence-electron chi connectivity index (χ0n) is 7.24. The second-order valence-electron chi connectivity index (χ2n) is 2.74. The van der Waals surface area contributed by atoms with Crippen LogP contribution in [-0.4, -0.2) is 11.3 Å². The van der Waals surface area contributed by atoms with E-state index in [4.69, 9.17) is 0 Å². The monoisotopic (exact) mass is 161 g/mol. The second kappa shape index (κ2) is 3.81. The average molecular weight is 161 g/mol. The highest BCUT2D eigenvalue weighted by molar-refractivity contribution is 5.81. The van der Waals surface area contributed by atoms with Gasteiger partial charge in [0, 0.05) is 12.4 Å². The van der Waals surface area contributed by atoms with E-state index in [0.717, 1.165) is 17.4 Å². The largest absolute Gasteiger partial charge is 0.298 e. The van der Waals surface area contributed by atoms with Crippen molar-refractivity contribution in [1.82, 2.24) is 4.98 Å². The summed E-state index contributed by atoms with van der Waals surface area (Å²) in [6.45, 7) is 3.77. The summed E-state index contributed by atoms with van der Waals surface area (Å²) in [7, 11) is 0. The molecule has 0 unspecified atom stereocenters. The molecule has 0 spiro atoms. The van der Waals surface area contributed by atoms with E-state index in [2.05, 4.69) is 4.98 Å². The molecule has 1 heterocycles. The van der Waals surface area contributed by atoms with E-state index in [0.29, 0.717) is 5.57 Å². The topological polar surface area (TPSA) is 30.0 Å². The van der Waals surface area contributed by atoms with E-state index in [-0.39, 0.29) is 0 Å². The maximum Gasteiger partial charge on any atom is 0.145 e. The Labute approximate surface area is 71.9 Å². The summed E-state index contributed by atoms with van der Waals surface area (Å²) in [6.07, 6.45) is 6.16. The Morgan fingerprint density at radius 2 is 2.33 bits per heavy atom. The third kappa shape index (κ3) is 2.02. The van der Waals surface area contributed by atoms with Gasteiger partial charge in [0.1, 0.15) is 6.29 Å². The number of aryl methyl sites for hydroxylation is 1. The summed E-state index contributed by atoms with van der Waals surface area (Å²) in [4.78, 5) is 14.3. The second-order valence-corrected chi connectivity index (χ2v) is 2.74. The summed E-state index contributed by atoms with van der Waals surface area (Å²) < 4.78 is 0. The van der Waals surface area contributed by atoms with E-state index in [1.165, 1.54) is 0 Å². The highest BCUT2D eigenvalue weighted by Gasteiger charge is 1.93. The van der Waals surface area contributed by atoms with Gasteiger partial charge in [0.15, 0.2) is 0 Å². The number of nitrogens with zero attached hydrogens (tertiary/aromatic N) is 1. The maximum atomic E-state index is 10.3. The van der Waals surface area contributed by atoms with Crippen LogP contribution in [0, 0.1) is 6.92 Å². The van der Waals surface area contributed by atoms with Crippen molar-refractivity contribution >= 4 is 12.4 Å². The van der Waals surface area contributed by atoms with Crippen LogP contribution in [0.2, 0.25) is 0 Å². The highest BCUT2D eigenvalue weighted by atomic mass is 16.1. The molecule has 62 valence electrons. The average Bonchev–Trinajstić information content (AvgIpc) is 2.09. The first-order valence-corrected chi connectivity index (χ1v) is 3.78. The van der Waals surface area contributed by atoms with Crippen LogP contribution in [0.4, 0.5) is 0 Å². The molecule has 12 heavy (non-hydrogen) atoms. The van der Waals surface area contributed by atoms with Gasteiger partial charge in [0.05, 0.1) is 0 Å². The van der Waals surface area contributed by atoms with E-state index in [1.54, 1.807) is 19.3 Å². The standard InChI is InChI=1S/C10H11NO/c1-8(7-12)5-10-6-11-4-3-9(10)2/h3-7H,1-2H3/b8-5-. The van der Waals surface area contributed by atoms with Crippen LogP contribution < -0.4 is 0 Å². The van der Waals surface area contributed by atoms with Crippen LogP contribution in [0.25, 0.3) is 6.08 Å². The fraction of sp³-hybridized carbons (Fsp3) is 0.200. The molecule has 2 heteroatoms. The molecular formula is C10H11NO. The number of carbonyl (C=O) groups excluding carboxylic acids is 1. The van der Waals surface area contributed by atoms with Crippen molar-refractivity contribution in [2.24, 2.45) is 0 Å². The molecule has 0 aliphatic heterocycles. The molecule has 0 aromatic carbocycles. The van der Waals surface area contributed by atoms with Gasteiger partial charge in [-0.25, -0.2) is 0 Å². The smallest absolute Gasteiger partial charge is 0.145 e. The predicted octanol–water partition coefficient (Wildman–Crippen LogP) is 1.99. The van der Waals surface area contributed by atoms with Crippen LogP contribution in [0.3, 0.4) is 0 Å². The van der Waals surface area contributed by atoms with Crippen LogP contribution in [0.5, 0.6) is 0 Å². The minimum Gasteiger partial charge on any atom is -0.298 e. The third-order valence-electron chi connectivity index (χ3n) is 1.65. The Kier molecular flexibility index (Phi) is 2.75. The molecule has 0 aliphatic rings. The van der Waals surface area contributed by atoms with Gasteiger partial charge >= 0.3 is 0 Å². The van der Waals surface area contributed by atoms with E-state index >= 15 is 0 Å². The van der Waals surface area contributed by atoms with Gasteiger partial charge < -0.3 is 0 Å². The zero-order valence-corrected chi connectivity index (χ0v) is 7.24. The van der Waals surface area contributed by atoms with Crippen LogP contribution in [0.15, 0.2) is 24.0 Å². The lowest BCUT2D eigenvalue weighted by Gasteiger charge is -1.97. The van der Waals surface area contributed by atoms with Crippen molar-refractivity contribution in [2.45, 2.75) is 13.8 Å². The molecule has 0 fully saturated rings. The van der Waals surface area contributed by atoms with Crippen LogP contribution >= 0.6 is 0 Å². The number of aldehydes is 1. The van der Waals surface area contributed by atoms with Gasteiger partial charge in [-0.1, -0.05) is 0 Å². The molecule has 0 saturated heterocycles. The van der Waals surface area contributed by atoms with Gasteiger partial charge in [-0.05, 0) is 42.7 Å². The highest BCUT2D eigenvalue weighted by Crippen LogP contribution is 2.08. The van der Waals surface area contributed by atoms with Crippen LogP contribution in [0.1, 0.15) is 18.1 Å². The number of hydrogen-bond acceptors (Lipinski definition) is 2. The summed E-state index contributed by atoms with van der Waals surface area (Å²) >= 11 is 0. The van der Waals surface area contributed by atoms with Crippen LogP contribution in [-0.2, 0) is 4.79 Å². The SMILES string of the molecule is C/C(C=O)=C/c1cnccc1C. The number of rotatable bonds is 2. The summed E-state index contributed by atoms with van der Waals surface area (Å²) in [5, 5.41) is 0. The number of aromatic nitrogens is 1. The number of carbonyl (C=O) groups is 1. The molecular weight excluding hydrogens is 150 g/mol. The Bertz CT molecular complexity index is 315. The van der Waals surface area contributed by atoms with Crippen molar-refractivity contribution in [3.8, 4) is 0 Å². The van der Waals surface area contributed by atoms with Gasteiger partial charge in [0.2, 0.25) is 0 Å². The third-order valence-corrected chi connectivity index (χ3v) is 1.65. The molecule has 0 atom stereocenters. The van der Waals surface area contributed by atoms with Crippen molar-refractivity contribution in [3.63, 3.8) is 0 Å². The van der Waals surface area contributed by atoms with Gasteiger partial charge in [-0.15, -0.1) is 0 Å². The molecule has 0 bridgehead atoms. The fourth-order valence-electron chi connectivity index (χ4n) is 0.907. The summed E-state index contributed by atoms with van der Waals surface area (Å²) in [6, 6.07) is 1.92. The molecule has 0 radical (unpaired) electrons. The quantitative estimate of drug-likeness (QED) is 0.490. The number of hydrogen-bond donors (Lipinski definition) is 0. The lowest BCUT2D eigenvalue weighted by atomic mass is 10.1. The van der Waals surface area contributed by atoms with Crippen molar-refractivity contribution < 1.29 is 4.79 Å². The van der Waals surface area contributed by atoms with E-state index < -0.39 is 0 Å². The van der Waals surface area contributed by atoms with Gasteiger partial charge in [-0.2, -0.15) is 0 Å². The van der Waals surface area contributed by atoms with E-state index in [1.807, 2.05) is 19.1 Å². The fourth-order valence-corrected chi connectivity index (χ4v) is 0.907. The molecule has 0 saturated carbocycles. The lowest BCUT2D eigenvalue weighted by molar-refractivity contribution is -0.104. The predicted molar refractivity (Wildman–Crippen MR) is 48.7 cm³/mol. The van der Waals surface area contributed by atoms with Crippen molar-refractivity contribution in [1.29, 1.82) is 0 Å². The zero-order chi connectivity index (χ0) is 8.97. The number of pyridine rings is 1. The molecule has 0 amide bonds. The first-order valence-electron chi connectivity index (χ1n) is 3.78. The van der Waals surface area contributed by atoms with Crippen molar-refractivity contribution in [2.75, 3.05) is 0 Å². The molecule has 2 nitrogen and oxygen atoms in total. The molecule has 0 N–H and O–H groups in total. The first kappa shape index (κ1) is 8.65. The van der Waals surface area contributed by atoms with Gasteiger partial charge in [0.25, 0.3) is 0 Å². The molecule has 0 aliphatic carbocycles. The Balaban J connectivity index is 3.04. The van der Waals surface area contributed by atoms with E-state index in [9.17, 15) is 4.79 Å². The Morgan fingerprint density at radius 1 is 1.58 bits per heavy atom. The Hall–Kier alpha value is -1.44. The normalized spacial score (nSPS) is 11.3. The minimum atomic E-state index is 0.714.